The van der Waals surface area contributed by atoms with Gasteiger partial charge in [0, 0.05) is 24.3 Å². The molecule has 5 nitrogen and oxygen atoms in total. The van der Waals surface area contributed by atoms with Crippen LogP contribution in [0.5, 0.6) is 0 Å². The van der Waals surface area contributed by atoms with Crippen molar-refractivity contribution in [2.75, 3.05) is 5.32 Å². The molecule has 1 N–H and O–H groups in total. The van der Waals surface area contributed by atoms with Crippen LogP contribution in [0.25, 0.3) is 0 Å². The highest BCUT2D eigenvalue weighted by Crippen LogP contribution is 2.25. The van der Waals surface area contributed by atoms with E-state index in [1.54, 1.807) is 5.38 Å². The number of thiazole rings is 1. The van der Waals surface area contributed by atoms with Crippen LogP contribution in [-0.2, 0) is 16.1 Å². The number of likely N-dealkylation sites (tertiary alicyclic amines) is 1. The Morgan fingerprint density at radius 1 is 1.23 bits per heavy atom. The predicted octanol–water partition coefficient (Wildman–Crippen LogP) is 2.81. The lowest BCUT2D eigenvalue weighted by Crippen LogP contribution is -2.28. The number of hydrogen-bond acceptors (Lipinski definition) is 5. The summed E-state index contributed by atoms with van der Waals surface area (Å²) in [4.78, 5) is 28.4. The Bertz CT molecular complexity index is 731. The average molecular weight is 323 g/mol. The molecule has 0 aliphatic carbocycles. The van der Waals surface area contributed by atoms with Gasteiger partial charge in [-0.25, -0.2) is 13.8 Å². The van der Waals surface area contributed by atoms with Crippen molar-refractivity contribution in [1.82, 2.24) is 9.88 Å². The van der Waals surface area contributed by atoms with E-state index in [1.165, 1.54) is 11.3 Å². The fraction of sp³-hybridized carbons (Fsp3) is 0.214. The summed E-state index contributed by atoms with van der Waals surface area (Å²) in [5, 5.41) is 4.71. The number of carbonyl (C=O) groups is 2. The zero-order chi connectivity index (χ0) is 15.7. The normalized spacial score (nSPS) is 14.7. The highest BCUT2D eigenvalue weighted by molar-refractivity contribution is 7.13. The van der Waals surface area contributed by atoms with Gasteiger partial charge < -0.3 is 5.32 Å². The molecule has 2 amide bonds. The number of amides is 2. The second kappa shape index (κ2) is 5.80. The van der Waals surface area contributed by atoms with Gasteiger partial charge in [-0.2, -0.15) is 0 Å². The molecule has 8 heteroatoms. The lowest BCUT2D eigenvalue weighted by Gasteiger charge is -2.11. The SMILES string of the molecule is O=C1CCC(=O)N1Cc1csc(Nc2cc(F)ccc2F)n1. The van der Waals surface area contributed by atoms with Crippen LogP contribution in [0.1, 0.15) is 18.5 Å². The fourth-order valence-electron chi connectivity index (χ4n) is 2.11. The molecule has 22 heavy (non-hydrogen) atoms. The first-order valence-corrected chi connectivity index (χ1v) is 7.40. The van der Waals surface area contributed by atoms with Crippen molar-refractivity contribution < 1.29 is 18.4 Å². The van der Waals surface area contributed by atoms with Crippen LogP contribution in [0.15, 0.2) is 23.6 Å². The van der Waals surface area contributed by atoms with E-state index in [4.69, 9.17) is 0 Å². The third kappa shape index (κ3) is 2.96. The highest BCUT2D eigenvalue weighted by atomic mass is 32.1. The number of hydrogen-bond donors (Lipinski definition) is 1. The van der Waals surface area contributed by atoms with Gasteiger partial charge in [0.05, 0.1) is 17.9 Å². The topological polar surface area (TPSA) is 62.3 Å². The lowest BCUT2D eigenvalue weighted by atomic mass is 10.3. The second-order valence-corrected chi connectivity index (χ2v) is 5.62. The number of carbonyl (C=O) groups excluding carboxylic acids is 2. The zero-order valence-electron chi connectivity index (χ0n) is 11.3. The van der Waals surface area contributed by atoms with Gasteiger partial charge in [0.2, 0.25) is 11.8 Å². The van der Waals surface area contributed by atoms with Crippen molar-refractivity contribution >= 4 is 34.0 Å². The maximum absolute atomic E-state index is 13.5. The van der Waals surface area contributed by atoms with E-state index in [0.717, 1.165) is 23.1 Å². The van der Waals surface area contributed by atoms with Crippen LogP contribution in [0.2, 0.25) is 0 Å². The number of imide groups is 1. The van der Waals surface area contributed by atoms with E-state index in [9.17, 15) is 18.4 Å². The second-order valence-electron chi connectivity index (χ2n) is 4.77. The van der Waals surface area contributed by atoms with Crippen molar-refractivity contribution in [3.05, 3.63) is 40.9 Å². The fourth-order valence-corrected chi connectivity index (χ4v) is 2.82. The molecule has 1 aliphatic rings. The summed E-state index contributed by atoms with van der Waals surface area (Å²) in [5.74, 6) is -1.59. The first kappa shape index (κ1) is 14.6. The molecular formula is C14H11F2N3O2S. The summed E-state index contributed by atoms with van der Waals surface area (Å²) >= 11 is 1.18. The van der Waals surface area contributed by atoms with Crippen LogP contribution in [-0.4, -0.2) is 21.7 Å². The predicted molar refractivity (Wildman–Crippen MR) is 76.5 cm³/mol. The van der Waals surface area contributed by atoms with Crippen molar-refractivity contribution in [1.29, 1.82) is 0 Å². The van der Waals surface area contributed by atoms with E-state index in [-0.39, 0.29) is 36.9 Å². The van der Waals surface area contributed by atoms with E-state index in [1.807, 2.05) is 0 Å². The number of nitrogens with one attached hydrogen (secondary N) is 1. The molecule has 3 rings (SSSR count). The average Bonchev–Trinajstić information content (AvgIpc) is 3.05. The molecule has 1 aromatic heterocycles. The molecule has 0 radical (unpaired) electrons. The van der Waals surface area contributed by atoms with Gasteiger partial charge in [0.1, 0.15) is 11.6 Å². The van der Waals surface area contributed by atoms with Gasteiger partial charge in [-0.1, -0.05) is 0 Å². The lowest BCUT2D eigenvalue weighted by molar-refractivity contribution is -0.139. The maximum Gasteiger partial charge on any atom is 0.230 e. The quantitative estimate of drug-likeness (QED) is 0.879. The van der Waals surface area contributed by atoms with E-state index in [0.29, 0.717) is 10.8 Å². The molecular weight excluding hydrogens is 312 g/mol. The summed E-state index contributed by atoms with van der Waals surface area (Å²) in [7, 11) is 0. The number of anilines is 2. The van der Waals surface area contributed by atoms with E-state index >= 15 is 0 Å². The minimum Gasteiger partial charge on any atom is -0.329 e. The van der Waals surface area contributed by atoms with Crippen molar-refractivity contribution in [3.8, 4) is 0 Å². The maximum atomic E-state index is 13.5. The number of rotatable bonds is 4. The van der Waals surface area contributed by atoms with Gasteiger partial charge in [0.25, 0.3) is 0 Å². The zero-order valence-corrected chi connectivity index (χ0v) is 12.1. The van der Waals surface area contributed by atoms with Crippen LogP contribution >= 0.6 is 11.3 Å². The first-order chi connectivity index (χ1) is 10.5. The molecule has 0 saturated carbocycles. The van der Waals surface area contributed by atoms with E-state index in [2.05, 4.69) is 10.3 Å². The highest BCUT2D eigenvalue weighted by Gasteiger charge is 2.29. The molecule has 114 valence electrons. The van der Waals surface area contributed by atoms with Crippen molar-refractivity contribution in [2.45, 2.75) is 19.4 Å². The third-order valence-electron chi connectivity index (χ3n) is 3.20. The Labute approximate surface area is 128 Å². The summed E-state index contributed by atoms with van der Waals surface area (Å²) in [5.41, 5.74) is 0.502. The van der Waals surface area contributed by atoms with Gasteiger partial charge >= 0.3 is 0 Å². The molecule has 0 spiro atoms. The van der Waals surface area contributed by atoms with Gasteiger partial charge in [-0.15, -0.1) is 11.3 Å². The number of benzene rings is 1. The van der Waals surface area contributed by atoms with Gasteiger partial charge in [0.15, 0.2) is 5.13 Å². The van der Waals surface area contributed by atoms with Crippen molar-refractivity contribution in [2.24, 2.45) is 0 Å². The smallest absolute Gasteiger partial charge is 0.230 e. The Morgan fingerprint density at radius 3 is 2.68 bits per heavy atom. The summed E-state index contributed by atoms with van der Waals surface area (Å²) in [6, 6.07) is 3.08. The summed E-state index contributed by atoms with van der Waals surface area (Å²) < 4.78 is 26.6. The van der Waals surface area contributed by atoms with Crippen LogP contribution in [0, 0.1) is 11.6 Å². The Hall–Kier alpha value is -2.35. The number of aromatic nitrogens is 1. The number of nitrogens with zero attached hydrogens (tertiary/aromatic N) is 2. The molecule has 1 fully saturated rings. The Kier molecular flexibility index (Phi) is 3.84. The van der Waals surface area contributed by atoms with Crippen LogP contribution in [0.4, 0.5) is 19.6 Å². The first-order valence-electron chi connectivity index (χ1n) is 6.52. The largest absolute Gasteiger partial charge is 0.329 e. The third-order valence-corrected chi connectivity index (χ3v) is 4.00. The molecule has 1 saturated heterocycles. The molecule has 0 atom stereocenters. The van der Waals surface area contributed by atoms with Gasteiger partial charge in [-0.3, -0.25) is 14.5 Å². The molecule has 0 unspecified atom stereocenters. The number of halogens is 2. The Balaban J connectivity index is 1.72. The standard InChI is InChI=1S/C14H11F2N3O2S/c15-8-1-2-10(16)11(5-8)18-14-17-9(7-22-14)6-19-12(20)3-4-13(19)21/h1-2,5,7H,3-4,6H2,(H,17,18). The van der Waals surface area contributed by atoms with Crippen LogP contribution in [0.3, 0.4) is 0 Å². The minimum atomic E-state index is -0.594. The Morgan fingerprint density at radius 2 is 1.95 bits per heavy atom. The molecule has 2 aromatic rings. The van der Waals surface area contributed by atoms with Crippen molar-refractivity contribution in [3.63, 3.8) is 0 Å². The molecule has 0 bridgehead atoms. The molecule has 1 aromatic carbocycles. The van der Waals surface area contributed by atoms with Gasteiger partial charge in [-0.05, 0) is 12.1 Å². The monoisotopic (exact) mass is 323 g/mol. The minimum absolute atomic E-state index is 0.0192. The molecule has 1 aliphatic heterocycles. The molecule has 2 heterocycles. The summed E-state index contributed by atoms with van der Waals surface area (Å²) in [6.45, 7) is 0.0987. The van der Waals surface area contributed by atoms with Crippen LogP contribution < -0.4 is 5.32 Å². The summed E-state index contributed by atoms with van der Waals surface area (Å²) in [6.07, 6.45) is 0.450. The van der Waals surface area contributed by atoms with E-state index < -0.39 is 11.6 Å².